The van der Waals surface area contributed by atoms with Gasteiger partial charge in [-0.25, -0.2) is 4.79 Å². The Hall–Kier alpha value is -1.62. The summed E-state index contributed by atoms with van der Waals surface area (Å²) in [5, 5.41) is 10.4. The predicted molar refractivity (Wildman–Crippen MR) is 79.9 cm³/mol. The SMILES string of the molecule is CC(C)CN(C(=O)c1csc(C=CC(=O)O)c1)C1CC1. The molecule has 1 N–H and O–H groups in total. The lowest BCUT2D eigenvalue weighted by Gasteiger charge is -2.24. The Kier molecular flexibility index (Phi) is 4.60. The third kappa shape index (κ3) is 3.93. The van der Waals surface area contributed by atoms with Gasteiger partial charge >= 0.3 is 5.97 Å². The number of rotatable bonds is 6. The average molecular weight is 293 g/mol. The molecular weight excluding hydrogens is 274 g/mol. The Morgan fingerprint density at radius 3 is 2.75 bits per heavy atom. The number of hydrogen-bond acceptors (Lipinski definition) is 3. The fourth-order valence-corrected chi connectivity index (χ4v) is 2.82. The molecule has 1 saturated carbocycles. The first-order chi connectivity index (χ1) is 9.47. The molecule has 0 saturated heterocycles. The largest absolute Gasteiger partial charge is 0.478 e. The number of carbonyl (C=O) groups excluding carboxylic acids is 1. The van der Waals surface area contributed by atoms with E-state index in [1.165, 1.54) is 17.4 Å². The molecule has 0 bridgehead atoms. The monoisotopic (exact) mass is 293 g/mol. The summed E-state index contributed by atoms with van der Waals surface area (Å²) >= 11 is 1.39. The van der Waals surface area contributed by atoms with E-state index in [1.807, 2.05) is 4.90 Å². The number of hydrogen-bond donors (Lipinski definition) is 1. The summed E-state index contributed by atoms with van der Waals surface area (Å²) in [5.74, 6) is -0.470. The lowest BCUT2D eigenvalue weighted by molar-refractivity contribution is -0.131. The van der Waals surface area contributed by atoms with Gasteiger partial charge in [-0.3, -0.25) is 4.79 Å². The van der Waals surface area contributed by atoms with Crippen LogP contribution in [-0.2, 0) is 4.79 Å². The standard InChI is InChI=1S/C15H19NO3S/c1-10(2)8-16(12-3-4-12)15(19)11-7-13(20-9-11)5-6-14(17)18/h5-7,9-10,12H,3-4,8H2,1-2H3,(H,17,18). The highest BCUT2D eigenvalue weighted by atomic mass is 32.1. The fourth-order valence-electron chi connectivity index (χ4n) is 2.05. The highest BCUT2D eigenvalue weighted by Gasteiger charge is 2.33. The van der Waals surface area contributed by atoms with Gasteiger partial charge in [-0.15, -0.1) is 11.3 Å². The summed E-state index contributed by atoms with van der Waals surface area (Å²) < 4.78 is 0. The van der Waals surface area contributed by atoms with Crippen LogP contribution in [0.1, 0.15) is 41.9 Å². The molecule has 0 atom stereocenters. The Labute approximate surface area is 122 Å². The molecule has 0 aromatic carbocycles. The van der Waals surface area contributed by atoms with Crippen molar-refractivity contribution in [3.05, 3.63) is 28.0 Å². The van der Waals surface area contributed by atoms with Gasteiger partial charge in [-0.1, -0.05) is 13.8 Å². The zero-order valence-electron chi connectivity index (χ0n) is 11.7. The topological polar surface area (TPSA) is 57.6 Å². The van der Waals surface area contributed by atoms with Crippen LogP contribution in [0, 0.1) is 5.92 Å². The van der Waals surface area contributed by atoms with E-state index in [2.05, 4.69) is 13.8 Å². The van der Waals surface area contributed by atoms with Crippen molar-refractivity contribution in [2.75, 3.05) is 6.54 Å². The molecule has 20 heavy (non-hydrogen) atoms. The number of nitrogens with zero attached hydrogens (tertiary/aromatic N) is 1. The van der Waals surface area contributed by atoms with Crippen LogP contribution < -0.4 is 0 Å². The Morgan fingerprint density at radius 1 is 1.50 bits per heavy atom. The maximum atomic E-state index is 12.5. The molecule has 1 heterocycles. The van der Waals surface area contributed by atoms with Crippen molar-refractivity contribution in [3.8, 4) is 0 Å². The molecule has 108 valence electrons. The smallest absolute Gasteiger partial charge is 0.328 e. The number of carbonyl (C=O) groups is 2. The number of thiophene rings is 1. The van der Waals surface area contributed by atoms with Crippen LogP contribution in [0.5, 0.6) is 0 Å². The lowest BCUT2D eigenvalue weighted by Crippen LogP contribution is -2.35. The number of aliphatic carboxylic acids is 1. The molecular formula is C15H19NO3S. The van der Waals surface area contributed by atoms with E-state index in [-0.39, 0.29) is 5.91 Å². The summed E-state index contributed by atoms with van der Waals surface area (Å²) in [6.07, 6.45) is 4.79. The van der Waals surface area contributed by atoms with Crippen molar-refractivity contribution in [2.24, 2.45) is 5.92 Å². The summed E-state index contributed by atoms with van der Waals surface area (Å²) in [6, 6.07) is 2.16. The van der Waals surface area contributed by atoms with Crippen molar-refractivity contribution in [1.82, 2.24) is 4.90 Å². The third-order valence-electron chi connectivity index (χ3n) is 3.07. The first kappa shape index (κ1) is 14.8. The summed E-state index contributed by atoms with van der Waals surface area (Å²) in [5.41, 5.74) is 0.660. The summed E-state index contributed by atoms with van der Waals surface area (Å²) in [7, 11) is 0. The minimum atomic E-state index is -0.981. The van der Waals surface area contributed by atoms with Crippen LogP contribution in [0.4, 0.5) is 0 Å². The highest BCUT2D eigenvalue weighted by molar-refractivity contribution is 7.11. The van der Waals surface area contributed by atoms with Gasteiger partial charge in [0.1, 0.15) is 0 Å². The maximum Gasteiger partial charge on any atom is 0.328 e. The van der Waals surface area contributed by atoms with Gasteiger partial charge in [0.15, 0.2) is 0 Å². The Morgan fingerprint density at radius 2 is 2.20 bits per heavy atom. The highest BCUT2D eigenvalue weighted by Crippen LogP contribution is 2.30. The van der Waals surface area contributed by atoms with Gasteiger partial charge in [0.2, 0.25) is 0 Å². The van der Waals surface area contributed by atoms with Crippen LogP contribution in [0.2, 0.25) is 0 Å². The van der Waals surface area contributed by atoms with E-state index in [4.69, 9.17) is 5.11 Å². The van der Waals surface area contributed by atoms with Crippen LogP contribution >= 0.6 is 11.3 Å². The molecule has 1 fully saturated rings. The van der Waals surface area contributed by atoms with Gasteiger partial charge in [-0.05, 0) is 30.9 Å². The lowest BCUT2D eigenvalue weighted by atomic mass is 10.2. The molecule has 1 aromatic rings. The number of carboxylic acids is 1. The van der Waals surface area contributed by atoms with Gasteiger partial charge in [-0.2, -0.15) is 0 Å². The van der Waals surface area contributed by atoms with Crippen LogP contribution in [0.15, 0.2) is 17.5 Å². The first-order valence-electron chi connectivity index (χ1n) is 6.78. The molecule has 1 aliphatic carbocycles. The molecule has 0 spiro atoms. The molecule has 1 amide bonds. The van der Waals surface area contributed by atoms with Crippen LogP contribution in [0.25, 0.3) is 6.08 Å². The van der Waals surface area contributed by atoms with Crippen molar-refractivity contribution >= 4 is 29.3 Å². The van der Waals surface area contributed by atoms with Gasteiger partial charge in [0.25, 0.3) is 5.91 Å². The van der Waals surface area contributed by atoms with E-state index in [0.717, 1.165) is 30.3 Å². The molecule has 1 aliphatic rings. The van der Waals surface area contributed by atoms with Crippen molar-refractivity contribution in [3.63, 3.8) is 0 Å². The molecule has 0 radical (unpaired) electrons. The summed E-state index contributed by atoms with van der Waals surface area (Å²) in [4.78, 5) is 25.7. The van der Waals surface area contributed by atoms with Crippen molar-refractivity contribution in [1.29, 1.82) is 0 Å². The molecule has 4 nitrogen and oxygen atoms in total. The first-order valence-corrected chi connectivity index (χ1v) is 7.66. The second-order valence-electron chi connectivity index (χ2n) is 5.49. The molecule has 5 heteroatoms. The molecule has 0 aliphatic heterocycles. The molecule has 1 aromatic heterocycles. The van der Waals surface area contributed by atoms with Crippen molar-refractivity contribution < 1.29 is 14.7 Å². The molecule has 0 unspecified atom stereocenters. The van der Waals surface area contributed by atoms with Crippen LogP contribution in [0.3, 0.4) is 0 Å². The zero-order chi connectivity index (χ0) is 14.7. The fraction of sp³-hybridized carbons (Fsp3) is 0.467. The second-order valence-corrected chi connectivity index (χ2v) is 6.43. The van der Waals surface area contributed by atoms with E-state index >= 15 is 0 Å². The van der Waals surface area contributed by atoms with Gasteiger partial charge in [0, 0.05) is 28.9 Å². The number of carboxylic acid groups (broad SMARTS) is 1. The van der Waals surface area contributed by atoms with E-state index < -0.39 is 5.97 Å². The maximum absolute atomic E-state index is 12.5. The Balaban J connectivity index is 2.09. The van der Waals surface area contributed by atoms with Gasteiger partial charge in [0.05, 0.1) is 5.56 Å². The minimum Gasteiger partial charge on any atom is -0.478 e. The van der Waals surface area contributed by atoms with E-state index in [9.17, 15) is 9.59 Å². The van der Waals surface area contributed by atoms with E-state index in [1.54, 1.807) is 11.4 Å². The second kappa shape index (κ2) is 6.22. The van der Waals surface area contributed by atoms with Gasteiger partial charge < -0.3 is 10.0 Å². The average Bonchev–Trinajstić information content (AvgIpc) is 3.10. The molecule has 2 rings (SSSR count). The van der Waals surface area contributed by atoms with E-state index in [0.29, 0.717) is 17.5 Å². The van der Waals surface area contributed by atoms with Crippen molar-refractivity contribution in [2.45, 2.75) is 32.7 Å². The predicted octanol–water partition coefficient (Wildman–Crippen LogP) is 3.11. The third-order valence-corrected chi connectivity index (χ3v) is 3.97. The minimum absolute atomic E-state index is 0.0624. The van der Waals surface area contributed by atoms with Crippen LogP contribution in [-0.4, -0.2) is 34.5 Å². The zero-order valence-corrected chi connectivity index (χ0v) is 12.5. The quantitative estimate of drug-likeness (QED) is 0.820. The number of amides is 1. The normalized spacial score (nSPS) is 14.9. The Bertz CT molecular complexity index is 529. The summed E-state index contributed by atoms with van der Waals surface area (Å²) in [6.45, 7) is 4.99.